The first-order chi connectivity index (χ1) is 7.93. The zero-order valence-corrected chi connectivity index (χ0v) is 11.8. The second-order valence-corrected chi connectivity index (χ2v) is 5.86. The van der Waals surface area contributed by atoms with Crippen LogP contribution in [0.2, 0.25) is 0 Å². The van der Waals surface area contributed by atoms with Gasteiger partial charge in [0.05, 0.1) is 12.1 Å². The Morgan fingerprint density at radius 3 is 2.59 bits per heavy atom. The van der Waals surface area contributed by atoms with E-state index in [0.717, 1.165) is 6.42 Å². The third-order valence-corrected chi connectivity index (χ3v) is 3.97. The van der Waals surface area contributed by atoms with E-state index in [4.69, 9.17) is 5.73 Å². The van der Waals surface area contributed by atoms with Gasteiger partial charge in [0, 0.05) is 11.9 Å². The quantitative estimate of drug-likeness (QED) is 0.878. The first-order valence-corrected chi connectivity index (χ1v) is 6.87. The van der Waals surface area contributed by atoms with Crippen LogP contribution in [-0.2, 0) is 4.79 Å². The van der Waals surface area contributed by atoms with E-state index in [9.17, 15) is 4.79 Å². The summed E-state index contributed by atoms with van der Waals surface area (Å²) in [5.41, 5.74) is 5.92. The van der Waals surface area contributed by atoms with Crippen LogP contribution in [0.1, 0.15) is 38.1 Å². The normalized spacial score (nSPS) is 14.7. The molecule has 3 nitrogen and oxygen atoms in total. The lowest BCUT2D eigenvalue weighted by molar-refractivity contribution is -0.133. The maximum absolute atomic E-state index is 12.1. The summed E-state index contributed by atoms with van der Waals surface area (Å²) in [5, 5.41) is 2.03. The largest absolute Gasteiger partial charge is 0.337 e. The van der Waals surface area contributed by atoms with E-state index in [0.29, 0.717) is 5.92 Å². The van der Waals surface area contributed by atoms with Crippen LogP contribution in [0.15, 0.2) is 17.5 Å². The molecule has 0 bridgehead atoms. The molecule has 0 spiro atoms. The molecule has 2 atom stereocenters. The van der Waals surface area contributed by atoms with Gasteiger partial charge in [0.1, 0.15) is 0 Å². The van der Waals surface area contributed by atoms with E-state index in [2.05, 4.69) is 13.8 Å². The fourth-order valence-corrected chi connectivity index (χ4v) is 2.61. The third kappa shape index (κ3) is 3.82. The first-order valence-electron chi connectivity index (χ1n) is 5.99. The van der Waals surface area contributed by atoms with Gasteiger partial charge in [0.2, 0.25) is 5.91 Å². The maximum Gasteiger partial charge on any atom is 0.239 e. The smallest absolute Gasteiger partial charge is 0.239 e. The van der Waals surface area contributed by atoms with Gasteiger partial charge in [-0.25, -0.2) is 0 Å². The summed E-state index contributed by atoms with van der Waals surface area (Å²) in [5.74, 6) is 0.471. The van der Waals surface area contributed by atoms with E-state index < -0.39 is 0 Å². The topological polar surface area (TPSA) is 46.3 Å². The molecule has 2 N–H and O–H groups in total. The van der Waals surface area contributed by atoms with Crippen LogP contribution in [0.25, 0.3) is 0 Å². The Balaban J connectivity index is 2.63. The molecule has 0 saturated heterocycles. The van der Waals surface area contributed by atoms with Gasteiger partial charge in [-0.3, -0.25) is 4.79 Å². The molecule has 1 rings (SSSR count). The number of thiophene rings is 1. The highest BCUT2D eigenvalue weighted by Crippen LogP contribution is 2.24. The van der Waals surface area contributed by atoms with Gasteiger partial charge < -0.3 is 10.6 Å². The van der Waals surface area contributed by atoms with Crippen molar-refractivity contribution in [1.29, 1.82) is 0 Å². The molecule has 0 saturated carbocycles. The van der Waals surface area contributed by atoms with Crippen molar-refractivity contribution in [2.75, 3.05) is 7.05 Å². The Labute approximate surface area is 108 Å². The van der Waals surface area contributed by atoms with Crippen LogP contribution < -0.4 is 5.73 Å². The van der Waals surface area contributed by atoms with Crippen molar-refractivity contribution >= 4 is 17.2 Å². The standard InChI is InChI=1S/C13H22N2OS/c1-9(2)8-11(14)13(16)15(4)10(3)12-6-5-7-17-12/h5-7,9-11H,8,14H2,1-4H3/t10?,11-/m1/s1. The van der Waals surface area contributed by atoms with E-state index in [1.807, 2.05) is 31.5 Å². The number of nitrogens with zero attached hydrogens (tertiary/aromatic N) is 1. The van der Waals surface area contributed by atoms with Crippen molar-refractivity contribution in [3.63, 3.8) is 0 Å². The molecule has 17 heavy (non-hydrogen) atoms. The highest BCUT2D eigenvalue weighted by molar-refractivity contribution is 7.10. The first kappa shape index (κ1) is 14.2. The number of carbonyl (C=O) groups excluding carboxylic acids is 1. The Kier molecular flexibility index (Phi) is 5.15. The van der Waals surface area contributed by atoms with Crippen molar-refractivity contribution in [1.82, 2.24) is 4.90 Å². The van der Waals surface area contributed by atoms with Gasteiger partial charge in [-0.2, -0.15) is 0 Å². The lowest BCUT2D eigenvalue weighted by atomic mass is 10.0. The Morgan fingerprint density at radius 1 is 1.47 bits per heavy atom. The SMILES string of the molecule is CC(C)C[C@@H](N)C(=O)N(C)C(C)c1cccs1. The van der Waals surface area contributed by atoms with E-state index in [1.165, 1.54) is 4.88 Å². The van der Waals surface area contributed by atoms with Gasteiger partial charge in [-0.15, -0.1) is 11.3 Å². The molecule has 0 aliphatic rings. The molecule has 0 aliphatic heterocycles. The van der Waals surface area contributed by atoms with Crippen LogP contribution in [0, 0.1) is 5.92 Å². The predicted octanol–water partition coefficient (Wildman–Crippen LogP) is 2.64. The van der Waals surface area contributed by atoms with E-state index in [-0.39, 0.29) is 18.0 Å². The van der Waals surface area contributed by atoms with E-state index in [1.54, 1.807) is 16.2 Å². The van der Waals surface area contributed by atoms with Crippen molar-refractivity contribution in [2.45, 2.75) is 39.3 Å². The van der Waals surface area contributed by atoms with Crippen molar-refractivity contribution < 1.29 is 4.79 Å². The second kappa shape index (κ2) is 6.17. The van der Waals surface area contributed by atoms with Crippen LogP contribution in [-0.4, -0.2) is 23.9 Å². The van der Waals surface area contributed by atoms with Crippen LogP contribution in [0.3, 0.4) is 0 Å². The number of amides is 1. The lowest BCUT2D eigenvalue weighted by Crippen LogP contribution is -2.43. The van der Waals surface area contributed by atoms with E-state index >= 15 is 0 Å². The molecule has 0 fully saturated rings. The van der Waals surface area contributed by atoms with Gasteiger partial charge in [-0.05, 0) is 30.7 Å². The molecule has 1 amide bonds. The van der Waals surface area contributed by atoms with Gasteiger partial charge >= 0.3 is 0 Å². The van der Waals surface area contributed by atoms with Gasteiger partial charge in [0.25, 0.3) is 0 Å². The zero-order valence-electron chi connectivity index (χ0n) is 11.0. The number of nitrogens with two attached hydrogens (primary N) is 1. The molecule has 1 heterocycles. The maximum atomic E-state index is 12.1. The average Bonchev–Trinajstić information content (AvgIpc) is 2.78. The van der Waals surface area contributed by atoms with Crippen molar-refractivity contribution in [2.24, 2.45) is 11.7 Å². The molecule has 1 aromatic heterocycles. The Bertz CT molecular complexity index is 348. The highest BCUT2D eigenvalue weighted by atomic mass is 32.1. The molecular weight excluding hydrogens is 232 g/mol. The highest BCUT2D eigenvalue weighted by Gasteiger charge is 2.23. The lowest BCUT2D eigenvalue weighted by Gasteiger charge is -2.27. The van der Waals surface area contributed by atoms with Gasteiger partial charge in [-0.1, -0.05) is 19.9 Å². The summed E-state index contributed by atoms with van der Waals surface area (Å²) >= 11 is 1.67. The number of hydrogen-bond donors (Lipinski definition) is 1. The molecule has 96 valence electrons. The van der Waals surface area contributed by atoms with Crippen molar-refractivity contribution in [3.05, 3.63) is 22.4 Å². The van der Waals surface area contributed by atoms with Crippen LogP contribution in [0.4, 0.5) is 0 Å². The monoisotopic (exact) mass is 254 g/mol. The van der Waals surface area contributed by atoms with Gasteiger partial charge in [0.15, 0.2) is 0 Å². The molecule has 0 radical (unpaired) electrons. The van der Waals surface area contributed by atoms with Crippen molar-refractivity contribution in [3.8, 4) is 0 Å². The second-order valence-electron chi connectivity index (χ2n) is 4.88. The number of rotatable bonds is 5. The fraction of sp³-hybridized carbons (Fsp3) is 0.615. The fourth-order valence-electron chi connectivity index (χ4n) is 1.78. The van der Waals surface area contributed by atoms with Crippen LogP contribution >= 0.6 is 11.3 Å². The number of carbonyl (C=O) groups is 1. The summed E-state index contributed by atoms with van der Waals surface area (Å²) < 4.78 is 0. The summed E-state index contributed by atoms with van der Waals surface area (Å²) in [6.07, 6.45) is 0.736. The average molecular weight is 254 g/mol. The molecule has 1 aromatic rings. The minimum absolute atomic E-state index is 0.0274. The van der Waals surface area contributed by atoms with Crippen LogP contribution in [0.5, 0.6) is 0 Å². The number of hydrogen-bond acceptors (Lipinski definition) is 3. The summed E-state index contributed by atoms with van der Waals surface area (Å²) in [6, 6.07) is 3.76. The third-order valence-electron chi connectivity index (χ3n) is 2.93. The zero-order chi connectivity index (χ0) is 13.0. The summed E-state index contributed by atoms with van der Waals surface area (Å²) in [7, 11) is 1.83. The number of likely N-dealkylation sites (N-methyl/N-ethyl adjacent to an activating group) is 1. The summed E-state index contributed by atoms with van der Waals surface area (Å²) in [6.45, 7) is 6.19. The molecular formula is C13H22N2OS. The minimum Gasteiger partial charge on any atom is -0.337 e. The molecule has 4 heteroatoms. The minimum atomic E-state index is -0.387. The molecule has 0 aliphatic carbocycles. The Morgan fingerprint density at radius 2 is 2.12 bits per heavy atom. The Hall–Kier alpha value is -0.870. The predicted molar refractivity (Wildman–Crippen MR) is 72.9 cm³/mol. The summed E-state index contributed by atoms with van der Waals surface area (Å²) in [4.78, 5) is 15.1. The molecule has 0 aromatic carbocycles. The molecule has 1 unspecified atom stereocenters.